The summed E-state index contributed by atoms with van der Waals surface area (Å²) in [5.74, 6) is 1.14. The number of hydrogen-bond acceptors (Lipinski definition) is 4. The van der Waals surface area contributed by atoms with Crippen LogP contribution >= 0.6 is 0 Å². The van der Waals surface area contributed by atoms with Crippen molar-refractivity contribution in [2.45, 2.75) is 52.4 Å². The first kappa shape index (κ1) is 15.5. The lowest BCUT2D eigenvalue weighted by atomic mass is 9.89. The third kappa shape index (κ3) is 3.23. The van der Waals surface area contributed by atoms with Crippen LogP contribution in [-0.2, 0) is 17.9 Å². The van der Waals surface area contributed by atoms with Crippen molar-refractivity contribution in [3.05, 3.63) is 23.7 Å². The molecule has 0 fully saturated rings. The van der Waals surface area contributed by atoms with Crippen molar-refractivity contribution in [1.29, 1.82) is 0 Å². The van der Waals surface area contributed by atoms with Gasteiger partial charge in [0.1, 0.15) is 5.82 Å². The lowest BCUT2D eigenvalue weighted by Gasteiger charge is -2.20. The maximum atomic E-state index is 5.98. The summed E-state index contributed by atoms with van der Waals surface area (Å²) in [7, 11) is 1.91. The average Bonchev–Trinajstić information content (AvgIpc) is 2.69. The molecule has 21 heavy (non-hydrogen) atoms. The molecule has 0 bridgehead atoms. The number of nitrogen functional groups attached to an aromatic ring is 1. The normalized spacial score (nSPS) is 12.7. The smallest absolute Gasteiger partial charge is 0.165 e. The van der Waals surface area contributed by atoms with Crippen molar-refractivity contribution < 1.29 is 0 Å². The highest BCUT2D eigenvalue weighted by molar-refractivity contribution is 5.61. The van der Waals surface area contributed by atoms with E-state index in [0.717, 1.165) is 17.0 Å². The molecule has 2 aromatic heterocycles. The van der Waals surface area contributed by atoms with Crippen LogP contribution in [0, 0.1) is 0 Å². The molecule has 0 radical (unpaired) electrons. The van der Waals surface area contributed by atoms with Crippen LogP contribution in [-0.4, -0.2) is 19.7 Å². The molecular weight excluding hydrogens is 262 g/mol. The van der Waals surface area contributed by atoms with Crippen molar-refractivity contribution in [3.63, 3.8) is 0 Å². The monoisotopic (exact) mass is 287 g/mol. The number of aryl methyl sites for hydroxylation is 1. The predicted molar refractivity (Wildman–Crippen MR) is 86.0 cm³/mol. The lowest BCUT2D eigenvalue weighted by Crippen LogP contribution is -2.17. The Morgan fingerprint density at radius 3 is 2.14 bits per heavy atom. The van der Waals surface area contributed by atoms with Gasteiger partial charge >= 0.3 is 0 Å². The maximum Gasteiger partial charge on any atom is 0.165 e. The Labute approximate surface area is 126 Å². The Kier molecular flexibility index (Phi) is 3.56. The van der Waals surface area contributed by atoms with E-state index in [4.69, 9.17) is 10.7 Å². The zero-order chi connectivity index (χ0) is 16.0. The Bertz CT molecular complexity index is 656. The van der Waals surface area contributed by atoms with Gasteiger partial charge in [0, 0.05) is 30.1 Å². The molecule has 0 aliphatic carbocycles. The maximum absolute atomic E-state index is 5.98. The molecule has 0 atom stereocenters. The van der Waals surface area contributed by atoms with E-state index in [0.29, 0.717) is 11.6 Å². The van der Waals surface area contributed by atoms with Gasteiger partial charge in [-0.15, -0.1) is 0 Å². The van der Waals surface area contributed by atoms with Crippen molar-refractivity contribution in [1.82, 2.24) is 19.7 Å². The van der Waals surface area contributed by atoms with Crippen LogP contribution in [0.1, 0.15) is 52.9 Å². The summed E-state index contributed by atoms with van der Waals surface area (Å²) in [5, 5.41) is 4.58. The van der Waals surface area contributed by atoms with Crippen molar-refractivity contribution in [2.24, 2.45) is 7.05 Å². The van der Waals surface area contributed by atoms with E-state index in [1.807, 2.05) is 19.3 Å². The summed E-state index contributed by atoms with van der Waals surface area (Å²) in [6.45, 7) is 12.8. The van der Waals surface area contributed by atoms with E-state index >= 15 is 0 Å². The number of rotatable bonds is 1. The van der Waals surface area contributed by atoms with Gasteiger partial charge in [-0.1, -0.05) is 41.5 Å². The minimum Gasteiger partial charge on any atom is -0.384 e. The first-order chi connectivity index (χ1) is 9.48. The Balaban J connectivity index is 2.66. The summed E-state index contributed by atoms with van der Waals surface area (Å²) in [5.41, 5.74) is 8.70. The Morgan fingerprint density at radius 1 is 1.00 bits per heavy atom. The van der Waals surface area contributed by atoms with Crippen LogP contribution in [0.15, 0.2) is 12.3 Å². The standard InChI is InChI=1S/C16H25N5/c1-15(2,3)11-8-12(17)19-14(18-11)10-9-21(7)20-13(10)16(4,5)6/h8-9H,1-7H3,(H2,17,18,19). The highest BCUT2D eigenvalue weighted by Gasteiger charge is 2.25. The molecule has 2 N–H and O–H groups in total. The minimum atomic E-state index is -0.0769. The fraction of sp³-hybridized carbons (Fsp3) is 0.562. The van der Waals surface area contributed by atoms with Crippen LogP contribution in [0.5, 0.6) is 0 Å². The highest BCUT2D eigenvalue weighted by atomic mass is 15.3. The summed E-state index contributed by atoms with van der Waals surface area (Å²) < 4.78 is 1.80. The molecule has 0 unspecified atom stereocenters. The molecule has 2 aromatic rings. The molecule has 2 heterocycles. The van der Waals surface area contributed by atoms with E-state index in [1.54, 1.807) is 4.68 Å². The number of anilines is 1. The van der Waals surface area contributed by atoms with Gasteiger partial charge in [0.25, 0.3) is 0 Å². The van der Waals surface area contributed by atoms with E-state index in [1.165, 1.54) is 0 Å². The van der Waals surface area contributed by atoms with E-state index in [2.05, 4.69) is 51.6 Å². The minimum absolute atomic E-state index is 0.0735. The van der Waals surface area contributed by atoms with Crippen molar-refractivity contribution in [3.8, 4) is 11.4 Å². The van der Waals surface area contributed by atoms with Crippen LogP contribution in [0.2, 0.25) is 0 Å². The Hall–Kier alpha value is -1.91. The number of hydrogen-bond donors (Lipinski definition) is 1. The molecule has 0 aliphatic rings. The van der Waals surface area contributed by atoms with Crippen LogP contribution in [0.4, 0.5) is 5.82 Å². The van der Waals surface area contributed by atoms with Crippen molar-refractivity contribution in [2.75, 3.05) is 5.73 Å². The number of nitrogens with zero attached hydrogens (tertiary/aromatic N) is 4. The van der Waals surface area contributed by atoms with Gasteiger partial charge in [-0.3, -0.25) is 4.68 Å². The van der Waals surface area contributed by atoms with Crippen molar-refractivity contribution >= 4 is 5.82 Å². The van der Waals surface area contributed by atoms with Crippen LogP contribution in [0.25, 0.3) is 11.4 Å². The fourth-order valence-electron chi connectivity index (χ4n) is 2.18. The van der Waals surface area contributed by atoms with Gasteiger partial charge in [-0.05, 0) is 0 Å². The lowest BCUT2D eigenvalue weighted by molar-refractivity contribution is 0.553. The quantitative estimate of drug-likeness (QED) is 0.875. The largest absolute Gasteiger partial charge is 0.384 e. The molecule has 0 saturated heterocycles. The second-order valence-electron chi connectivity index (χ2n) is 7.57. The van der Waals surface area contributed by atoms with Gasteiger partial charge in [0.05, 0.1) is 17.0 Å². The zero-order valence-corrected chi connectivity index (χ0v) is 14.0. The fourth-order valence-corrected chi connectivity index (χ4v) is 2.18. The van der Waals surface area contributed by atoms with Crippen LogP contribution < -0.4 is 5.73 Å². The molecule has 0 amide bonds. The van der Waals surface area contributed by atoms with Gasteiger partial charge in [-0.25, -0.2) is 9.97 Å². The second-order valence-corrected chi connectivity index (χ2v) is 7.57. The first-order valence-corrected chi connectivity index (χ1v) is 7.18. The van der Waals surface area contributed by atoms with E-state index in [-0.39, 0.29) is 10.8 Å². The highest BCUT2D eigenvalue weighted by Crippen LogP contribution is 2.31. The topological polar surface area (TPSA) is 69.6 Å². The molecule has 0 spiro atoms. The van der Waals surface area contributed by atoms with Gasteiger partial charge in [0.15, 0.2) is 5.82 Å². The molecule has 0 aromatic carbocycles. The van der Waals surface area contributed by atoms with E-state index < -0.39 is 0 Å². The van der Waals surface area contributed by atoms with Crippen LogP contribution in [0.3, 0.4) is 0 Å². The molecule has 0 aliphatic heterocycles. The summed E-state index contributed by atoms with van der Waals surface area (Å²) in [6, 6.07) is 1.84. The number of aromatic nitrogens is 4. The second kappa shape index (κ2) is 4.83. The van der Waals surface area contributed by atoms with Gasteiger partial charge in [-0.2, -0.15) is 5.10 Å². The zero-order valence-electron chi connectivity index (χ0n) is 14.0. The molecular formula is C16H25N5. The molecule has 114 valence electrons. The van der Waals surface area contributed by atoms with Gasteiger partial charge in [0.2, 0.25) is 0 Å². The average molecular weight is 287 g/mol. The van der Waals surface area contributed by atoms with E-state index in [9.17, 15) is 0 Å². The molecule has 5 nitrogen and oxygen atoms in total. The summed E-state index contributed by atoms with van der Waals surface area (Å²) in [4.78, 5) is 9.14. The Morgan fingerprint density at radius 2 is 1.62 bits per heavy atom. The summed E-state index contributed by atoms with van der Waals surface area (Å²) in [6.07, 6.45) is 1.96. The molecule has 5 heteroatoms. The number of nitrogens with two attached hydrogens (primary N) is 1. The first-order valence-electron chi connectivity index (χ1n) is 7.18. The predicted octanol–water partition coefficient (Wildman–Crippen LogP) is 3.05. The third-order valence-electron chi connectivity index (χ3n) is 3.29. The molecule has 2 rings (SSSR count). The third-order valence-corrected chi connectivity index (χ3v) is 3.29. The summed E-state index contributed by atoms with van der Waals surface area (Å²) >= 11 is 0. The van der Waals surface area contributed by atoms with Gasteiger partial charge < -0.3 is 5.73 Å². The SMILES string of the molecule is Cn1cc(-c2nc(N)cc(C(C)(C)C)n2)c(C(C)(C)C)n1. The molecule has 0 saturated carbocycles.